The lowest BCUT2D eigenvalue weighted by Gasteiger charge is -2.36. The summed E-state index contributed by atoms with van der Waals surface area (Å²) in [6.45, 7) is 9.00. The van der Waals surface area contributed by atoms with Crippen molar-refractivity contribution in [3.8, 4) is 0 Å². The van der Waals surface area contributed by atoms with Gasteiger partial charge in [0.15, 0.2) is 0 Å². The number of nitrogens with zero attached hydrogens (tertiary/aromatic N) is 4. The molecule has 2 aromatic rings. The molecule has 2 saturated heterocycles. The van der Waals surface area contributed by atoms with Gasteiger partial charge in [-0.3, -0.25) is 9.69 Å². The Balaban J connectivity index is 1.44. The zero-order valence-electron chi connectivity index (χ0n) is 17.4. The Morgan fingerprint density at radius 1 is 1.17 bits per heavy atom. The average Bonchev–Trinajstić information content (AvgIpc) is 3.06. The molecule has 0 saturated carbocycles. The number of benzene rings is 1. The molecular formula is C22H25ClN4O3. The number of carbonyl (C=O) groups excluding carboxylic acids is 2. The predicted octanol–water partition coefficient (Wildman–Crippen LogP) is 3.66. The van der Waals surface area contributed by atoms with Crippen molar-refractivity contribution in [3.63, 3.8) is 0 Å². The topological polar surface area (TPSA) is 66.0 Å². The van der Waals surface area contributed by atoms with Crippen LogP contribution in [0.4, 0.5) is 16.3 Å². The van der Waals surface area contributed by atoms with E-state index in [2.05, 4.69) is 22.9 Å². The lowest BCUT2D eigenvalue weighted by atomic mass is 10.1. The van der Waals surface area contributed by atoms with Crippen molar-refractivity contribution in [3.05, 3.63) is 52.2 Å². The van der Waals surface area contributed by atoms with Gasteiger partial charge in [-0.2, -0.15) is 0 Å². The van der Waals surface area contributed by atoms with Crippen LogP contribution in [0, 0.1) is 13.8 Å². The molecular weight excluding hydrogens is 404 g/mol. The summed E-state index contributed by atoms with van der Waals surface area (Å²) < 4.78 is 5.06. The van der Waals surface area contributed by atoms with Gasteiger partial charge in [-0.1, -0.05) is 17.7 Å². The maximum absolute atomic E-state index is 13.0. The third-order valence-corrected chi connectivity index (χ3v) is 5.90. The van der Waals surface area contributed by atoms with E-state index in [9.17, 15) is 9.59 Å². The molecule has 7 nitrogen and oxygen atoms in total. The van der Waals surface area contributed by atoms with Crippen molar-refractivity contribution in [2.24, 2.45) is 0 Å². The highest BCUT2D eigenvalue weighted by atomic mass is 35.5. The summed E-state index contributed by atoms with van der Waals surface area (Å²) in [5.74, 6) is 0.917. The van der Waals surface area contributed by atoms with Crippen molar-refractivity contribution in [2.45, 2.75) is 26.8 Å². The van der Waals surface area contributed by atoms with E-state index >= 15 is 0 Å². The first-order valence-corrected chi connectivity index (χ1v) is 10.5. The summed E-state index contributed by atoms with van der Waals surface area (Å²) in [4.78, 5) is 35.1. The van der Waals surface area contributed by atoms with Crippen molar-refractivity contribution < 1.29 is 14.3 Å². The minimum atomic E-state index is -0.417. The standard InChI is InChI=1S/C22H25ClN4O3/c1-14-10-15(2)20(24-12-14)25-6-8-26(9-7-25)21(28)17-4-5-19(18(23)11-17)27-16(3)13-30-22(27)29/h4-5,10-12,16H,6-9,13H2,1-3H3. The molecule has 2 aliphatic rings. The number of hydrogen-bond donors (Lipinski definition) is 0. The Labute approximate surface area is 181 Å². The molecule has 2 fully saturated rings. The highest BCUT2D eigenvalue weighted by Crippen LogP contribution is 2.32. The van der Waals surface area contributed by atoms with Crippen LogP contribution in [0.2, 0.25) is 5.02 Å². The van der Waals surface area contributed by atoms with Gasteiger partial charge in [0.2, 0.25) is 0 Å². The van der Waals surface area contributed by atoms with E-state index < -0.39 is 6.09 Å². The van der Waals surface area contributed by atoms with Crippen molar-refractivity contribution in [1.29, 1.82) is 0 Å². The third-order valence-electron chi connectivity index (χ3n) is 5.59. The van der Waals surface area contributed by atoms with Crippen LogP contribution >= 0.6 is 11.6 Å². The maximum atomic E-state index is 13.0. The average molecular weight is 429 g/mol. The largest absolute Gasteiger partial charge is 0.447 e. The highest BCUT2D eigenvalue weighted by Gasteiger charge is 2.33. The summed E-state index contributed by atoms with van der Waals surface area (Å²) in [5.41, 5.74) is 3.37. The van der Waals surface area contributed by atoms with E-state index in [1.165, 1.54) is 4.90 Å². The number of pyridine rings is 1. The van der Waals surface area contributed by atoms with Crippen LogP contribution in [0.15, 0.2) is 30.5 Å². The summed E-state index contributed by atoms with van der Waals surface area (Å²) >= 11 is 6.42. The number of hydrogen-bond acceptors (Lipinski definition) is 5. The zero-order valence-corrected chi connectivity index (χ0v) is 18.1. The molecule has 8 heteroatoms. The van der Waals surface area contributed by atoms with Gasteiger partial charge in [0.25, 0.3) is 5.91 Å². The Bertz CT molecular complexity index is 988. The second-order valence-electron chi connectivity index (χ2n) is 7.89. The molecule has 2 aliphatic heterocycles. The second-order valence-corrected chi connectivity index (χ2v) is 8.30. The molecule has 4 rings (SSSR count). The summed E-state index contributed by atoms with van der Waals surface area (Å²) in [7, 11) is 0. The SMILES string of the molecule is Cc1cnc(N2CCN(C(=O)c3ccc(N4C(=O)OCC4C)c(Cl)c3)CC2)c(C)c1. The van der Waals surface area contributed by atoms with Crippen LogP contribution in [0.5, 0.6) is 0 Å². The lowest BCUT2D eigenvalue weighted by molar-refractivity contribution is 0.0746. The zero-order chi connectivity index (χ0) is 21.4. The highest BCUT2D eigenvalue weighted by molar-refractivity contribution is 6.34. The number of ether oxygens (including phenoxy) is 1. The number of rotatable bonds is 3. The molecule has 1 unspecified atom stereocenters. The number of amides is 2. The maximum Gasteiger partial charge on any atom is 0.414 e. The Morgan fingerprint density at radius 2 is 1.90 bits per heavy atom. The van der Waals surface area contributed by atoms with Gasteiger partial charge in [-0.15, -0.1) is 0 Å². The molecule has 1 atom stereocenters. The predicted molar refractivity (Wildman–Crippen MR) is 117 cm³/mol. The Kier molecular flexibility index (Phi) is 5.56. The monoisotopic (exact) mass is 428 g/mol. The fourth-order valence-corrected chi connectivity index (χ4v) is 4.30. The van der Waals surface area contributed by atoms with Crippen LogP contribution < -0.4 is 9.80 Å². The van der Waals surface area contributed by atoms with Crippen LogP contribution in [-0.4, -0.2) is 60.7 Å². The fourth-order valence-electron chi connectivity index (χ4n) is 4.03. The number of carbonyl (C=O) groups is 2. The van der Waals surface area contributed by atoms with Crippen molar-refractivity contribution >= 4 is 35.1 Å². The summed E-state index contributed by atoms with van der Waals surface area (Å²) in [5, 5.41) is 0.365. The number of halogens is 1. The van der Waals surface area contributed by atoms with Gasteiger partial charge in [0.05, 0.1) is 16.8 Å². The number of aryl methyl sites for hydroxylation is 2. The Morgan fingerprint density at radius 3 is 2.50 bits per heavy atom. The molecule has 0 radical (unpaired) electrons. The lowest BCUT2D eigenvalue weighted by Crippen LogP contribution is -2.49. The minimum absolute atomic E-state index is 0.0614. The third kappa shape index (κ3) is 3.81. The molecule has 1 aromatic carbocycles. The number of piperazine rings is 1. The molecule has 0 N–H and O–H groups in total. The van der Waals surface area contributed by atoms with E-state index in [1.54, 1.807) is 18.2 Å². The van der Waals surface area contributed by atoms with Gasteiger partial charge in [0, 0.05) is 37.9 Å². The molecule has 0 spiro atoms. The van der Waals surface area contributed by atoms with Gasteiger partial charge < -0.3 is 14.5 Å². The summed E-state index contributed by atoms with van der Waals surface area (Å²) in [6.07, 6.45) is 1.46. The number of cyclic esters (lactones) is 1. The van der Waals surface area contributed by atoms with Gasteiger partial charge >= 0.3 is 6.09 Å². The van der Waals surface area contributed by atoms with E-state index in [0.29, 0.717) is 36.0 Å². The molecule has 158 valence electrons. The first-order chi connectivity index (χ1) is 14.3. The van der Waals surface area contributed by atoms with Crippen LogP contribution in [0.25, 0.3) is 0 Å². The molecule has 3 heterocycles. The fraction of sp³-hybridized carbons (Fsp3) is 0.409. The minimum Gasteiger partial charge on any atom is -0.447 e. The Hall–Kier alpha value is -2.80. The first-order valence-electron chi connectivity index (χ1n) is 10.1. The van der Waals surface area contributed by atoms with Gasteiger partial charge in [0.1, 0.15) is 12.4 Å². The van der Waals surface area contributed by atoms with E-state index in [1.807, 2.05) is 24.9 Å². The molecule has 30 heavy (non-hydrogen) atoms. The van der Waals surface area contributed by atoms with Gasteiger partial charge in [-0.05, 0) is 50.1 Å². The van der Waals surface area contributed by atoms with Crippen molar-refractivity contribution in [1.82, 2.24) is 9.88 Å². The number of anilines is 2. The normalized spacial score (nSPS) is 19.3. The van der Waals surface area contributed by atoms with E-state index in [0.717, 1.165) is 30.0 Å². The van der Waals surface area contributed by atoms with E-state index in [-0.39, 0.29) is 11.9 Å². The van der Waals surface area contributed by atoms with Crippen molar-refractivity contribution in [2.75, 3.05) is 42.6 Å². The first kappa shape index (κ1) is 20.5. The molecule has 2 amide bonds. The molecule has 0 bridgehead atoms. The van der Waals surface area contributed by atoms with Crippen LogP contribution in [0.1, 0.15) is 28.4 Å². The molecule has 1 aromatic heterocycles. The van der Waals surface area contributed by atoms with Gasteiger partial charge in [-0.25, -0.2) is 9.78 Å². The van der Waals surface area contributed by atoms with Crippen LogP contribution in [0.3, 0.4) is 0 Å². The quantitative estimate of drug-likeness (QED) is 0.746. The number of aromatic nitrogens is 1. The van der Waals surface area contributed by atoms with E-state index in [4.69, 9.17) is 16.3 Å². The second kappa shape index (κ2) is 8.14. The smallest absolute Gasteiger partial charge is 0.414 e. The van der Waals surface area contributed by atoms with Crippen LogP contribution in [-0.2, 0) is 4.74 Å². The summed E-state index contributed by atoms with van der Waals surface area (Å²) in [6, 6.07) is 7.10. The molecule has 0 aliphatic carbocycles.